The lowest BCUT2D eigenvalue weighted by atomic mass is 10.0. The van der Waals surface area contributed by atoms with E-state index in [1.807, 2.05) is 17.4 Å². The van der Waals surface area contributed by atoms with Crippen LogP contribution >= 0.6 is 11.3 Å². The first-order chi connectivity index (χ1) is 11.8. The van der Waals surface area contributed by atoms with Crippen molar-refractivity contribution in [2.24, 2.45) is 0 Å². The number of amides is 1. The predicted octanol–water partition coefficient (Wildman–Crippen LogP) is 2.57. The lowest BCUT2D eigenvalue weighted by Crippen LogP contribution is -2.54. The van der Waals surface area contributed by atoms with Crippen LogP contribution in [0.25, 0.3) is 0 Å². The molecule has 1 atom stereocenters. The SMILES string of the molecule is O=C1CN(Cc2nc3c(s2)CCCC3)C[C@H](Cc2ccccc2)N1. The molecule has 1 aliphatic carbocycles. The number of benzene rings is 1. The molecule has 24 heavy (non-hydrogen) atoms. The van der Waals surface area contributed by atoms with Gasteiger partial charge in [0.15, 0.2) is 0 Å². The van der Waals surface area contributed by atoms with Crippen molar-refractivity contribution in [1.82, 2.24) is 15.2 Å². The molecule has 4 rings (SSSR count). The molecule has 0 unspecified atom stereocenters. The standard InChI is InChI=1S/C19H23N3OS/c23-18-12-22(11-15(20-18)10-14-6-2-1-3-7-14)13-19-21-16-8-4-5-9-17(16)24-19/h1-3,6-7,15H,4-5,8-13H2,(H,20,23)/t15-/m0/s1. The number of hydrogen-bond donors (Lipinski definition) is 1. The minimum atomic E-state index is 0.128. The third kappa shape index (κ3) is 3.68. The van der Waals surface area contributed by atoms with Gasteiger partial charge in [-0.05, 0) is 37.7 Å². The van der Waals surface area contributed by atoms with Crippen LogP contribution in [0.3, 0.4) is 0 Å². The van der Waals surface area contributed by atoms with Crippen molar-refractivity contribution >= 4 is 17.2 Å². The number of carbonyl (C=O) groups excluding carboxylic acids is 1. The Hall–Kier alpha value is -1.72. The fraction of sp³-hybridized carbons (Fsp3) is 0.474. The van der Waals surface area contributed by atoms with Crippen LogP contribution in [0.2, 0.25) is 0 Å². The van der Waals surface area contributed by atoms with E-state index >= 15 is 0 Å². The Morgan fingerprint density at radius 1 is 1.21 bits per heavy atom. The van der Waals surface area contributed by atoms with Crippen molar-refractivity contribution in [3.63, 3.8) is 0 Å². The Morgan fingerprint density at radius 2 is 2.04 bits per heavy atom. The molecular weight excluding hydrogens is 318 g/mol. The smallest absolute Gasteiger partial charge is 0.234 e. The van der Waals surface area contributed by atoms with E-state index in [9.17, 15) is 4.79 Å². The Labute approximate surface area is 146 Å². The van der Waals surface area contributed by atoms with Crippen molar-refractivity contribution < 1.29 is 4.79 Å². The first-order valence-corrected chi connectivity index (χ1v) is 9.61. The summed E-state index contributed by atoms with van der Waals surface area (Å²) in [5.41, 5.74) is 2.58. The maximum atomic E-state index is 12.1. The van der Waals surface area contributed by atoms with Crippen LogP contribution < -0.4 is 5.32 Å². The van der Waals surface area contributed by atoms with Crippen LogP contribution in [0.15, 0.2) is 30.3 Å². The highest BCUT2D eigenvalue weighted by molar-refractivity contribution is 7.11. The van der Waals surface area contributed by atoms with Crippen LogP contribution in [-0.2, 0) is 30.6 Å². The number of hydrogen-bond acceptors (Lipinski definition) is 4. The van der Waals surface area contributed by atoms with Gasteiger partial charge in [0.2, 0.25) is 5.91 Å². The van der Waals surface area contributed by atoms with Gasteiger partial charge in [-0.1, -0.05) is 30.3 Å². The summed E-state index contributed by atoms with van der Waals surface area (Å²) in [6.45, 7) is 2.18. The second-order valence-corrected chi connectivity index (χ2v) is 7.98. The van der Waals surface area contributed by atoms with E-state index in [2.05, 4.69) is 34.5 Å². The molecule has 1 aliphatic heterocycles. The monoisotopic (exact) mass is 341 g/mol. The summed E-state index contributed by atoms with van der Waals surface area (Å²) in [6, 6.07) is 10.6. The summed E-state index contributed by atoms with van der Waals surface area (Å²) in [5, 5.41) is 4.31. The van der Waals surface area contributed by atoms with Crippen molar-refractivity contribution in [3.8, 4) is 0 Å². The van der Waals surface area contributed by atoms with E-state index in [4.69, 9.17) is 4.98 Å². The molecule has 1 aromatic heterocycles. The largest absolute Gasteiger partial charge is 0.351 e. The molecule has 0 spiro atoms. The molecule has 0 radical (unpaired) electrons. The van der Waals surface area contributed by atoms with Gasteiger partial charge in [-0.25, -0.2) is 4.98 Å². The van der Waals surface area contributed by atoms with Gasteiger partial charge >= 0.3 is 0 Å². The number of thiazole rings is 1. The van der Waals surface area contributed by atoms with Crippen LogP contribution in [0, 0.1) is 0 Å². The van der Waals surface area contributed by atoms with Crippen LogP contribution in [-0.4, -0.2) is 34.9 Å². The lowest BCUT2D eigenvalue weighted by molar-refractivity contribution is -0.125. The molecule has 1 saturated heterocycles. The molecule has 1 aromatic carbocycles. The second kappa shape index (κ2) is 7.03. The summed E-state index contributed by atoms with van der Waals surface area (Å²) >= 11 is 1.85. The number of rotatable bonds is 4. The molecule has 1 fully saturated rings. The average Bonchev–Trinajstić information content (AvgIpc) is 2.97. The predicted molar refractivity (Wildman–Crippen MR) is 96.1 cm³/mol. The van der Waals surface area contributed by atoms with Crippen molar-refractivity contribution in [1.29, 1.82) is 0 Å². The highest BCUT2D eigenvalue weighted by Crippen LogP contribution is 2.27. The molecule has 4 nitrogen and oxygen atoms in total. The van der Waals surface area contributed by atoms with E-state index < -0.39 is 0 Å². The fourth-order valence-electron chi connectivity index (χ4n) is 3.70. The number of piperazine rings is 1. The molecule has 2 aromatic rings. The Bertz CT molecular complexity index is 689. The summed E-state index contributed by atoms with van der Waals surface area (Å²) in [6.07, 6.45) is 5.76. The zero-order valence-corrected chi connectivity index (χ0v) is 14.6. The minimum Gasteiger partial charge on any atom is -0.351 e. The van der Waals surface area contributed by atoms with Gasteiger partial charge in [-0.15, -0.1) is 11.3 Å². The zero-order valence-electron chi connectivity index (χ0n) is 13.8. The quantitative estimate of drug-likeness (QED) is 0.930. The summed E-state index contributed by atoms with van der Waals surface area (Å²) in [4.78, 5) is 20.6. The van der Waals surface area contributed by atoms with Gasteiger partial charge in [0.05, 0.1) is 18.8 Å². The highest BCUT2D eigenvalue weighted by atomic mass is 32.1. The first kappa shape index (κ1) is 15.8. The van der Waals surface area contributed by atoms with E-state index in [1.165, 1.54) is 40.4 Å². The topological polar surface area (TPSA) is 45.2 Å². The minimum absolute atomic E-state index is 0.128. The van der Waals surface area contributed by atoms with Crippen molar-refractivity contribution in [3.05, 3.63) is 51.5 Å². The van der Waals surface area contributed by atoms with E-state index in [0.29, 0.717) is 6.54 Å². The van der Waals surface area contributed by atoms with Crippen LogP contribution in [0.5, 0.6) is 0 Å². The summed E-state index contributed by atoms with van der Waals surface area (Å²) < 4.78 is 0. The van der Waals surface area contributed by atoms with E-state index in [1.54, 1.807) is 0 Å². The van der Waals surface area contributed by atoms with Gasteiger partial charge in [-0.3, -0.25) is 9.69 Å². The molecule has 2 aliphatic rings. The maximum absolute atomic E-state index is 12.1. The first-order valence-electron chi connectivity index (χ1n) is 8.79. The summed E-state index contributed by atoms with van der Waals surface area (Å²) in [7, 11) is 0. The molecular formula is C19H23N3OS. The molecule has 0 bridgehead atoms. The second-order valence-electron chi connectivity index (χ2n) is 6.81. The van der Waals surface area contributed by atoms with Crippen molar-refractivity contribution in [2.75, 3.05) is 13.1 Å². The normalized spacial score (nSPS) is 21.3. The number of aromatic nitrogens is 1. The Balaban J connectivity index is 1.41. The Kier molecular flexibility index (Phi) is 4.63. The fourth-order valence-corrected chi connectivity index (χ4v) is 4.90. The van der Waals surface area contributed by atoms with Crippen LogP contribution in [0.1, 0.15) is 34.0 Å². The van der Waals surface area contributed by atoms with E-state index in [0.717, 1.165) is 25.9 Å². The third-order valence-electron chi connectivity index (χ3n) is 4.78. The molecule has 1 amide bonds. The number of nitrogens with zero attached hydrogens (tertiary/aromatic N) is 2. The van der Waals surface area contributed by atoms with Gasteiger partial charge in [0, 0.05) is 17.5 Å². The molecule has 1 N–H and O–H groups in total. The van der Waals surface area contributed by atoms with Gasteiger partial charge in [0.25, 0.3) is 0 Å². The third-order valence-corrected chi connectivity index (χ3v) is 5.93. The summed E-state index contributed by atoms with van der Waals surface area (Å²) in [5.74, 6) is 0.128. The van der Waals surface area contributed by atoms with E-state index in [-0.39, 0.29) is 11.9 Å². The highest BCUT2D eigenvalue weighted by Gasteiger charge is 2.26. The maximum Gasteiger partial charge on any atom is 0.234 e. The number of aryl methyl sites for hydroxylation is 2. The Morgan fingerprint density at radius 3 is 2.88 bits per heavy atom. The molecule has 2 heterocycles. The number of nitrogens with one attached hydrogen (secondary N) is 1. The molecule has 126 valence electrons. The average molecular weight is 341 g/mol. The van der Waals surface area contributed by atoms with Crippen molar-refractivity contribution in [2.45, 2.75) is 44.7 Å². The van der Waals surface area contributed by atoms with Gasteiger partial charge in [-0.2, -0.15) is 0 Å². The molecule has 5 heteroatoms. The lowest BCUT2D eigenvalue weighted by Gasteiger charge is -2.32. The molecule has 0 saturated carbocycles. The van der Waals surface area contributed by atoms with Gasteiger partial charge in [0.1, 0.15) is 5.01 Å². The number of carbonyl (C=O) groups is 1. The van der Waals surface area contributed by atoms with Gasteiger partial charge < -0.3 is 5.32 Å². The van der Waals surface area contributed by atoms with Crippen LogP contribution in [0.4, 0.5) is 0 Å². The zero-order chi connectivity index (χ0) is 16.4. The number of fused-ring (bicyclic) bond motifs is 1.